The minimum Gasteiger partial charge on any atom is -0.322 e. The molecule has 0 heterocycles. The van der Waals surface area contributed by atoms with Gasteiger partial charge in [0.2, 0.25) is 0 Å². The number of carbonyl (C=O) groups is 1. The molecular weight excluding hydrogens is 372 g/mol. The predicted octanol–water partition coefficient (Wildman–Crippen LogP) is 3.63. The summed E-state index contributed by atoms with van der Waals surface area (Å²) < 4.78 is 0. The van der Waals surface area contributed by atoms with Gasteiger partial charge in [-0.1, -0.05) is 11.6 Å². The Bertz CT molecular complexity index is 925. The summed E-state index contributed by atoms with van der Waals surface area (Å²) in [4.78, 5) is 42.8. The molecule has 0 bridgehead atoms. The van der Waals surface area contributed by atoms with Gasteiger partial charge in [0.15, 0.2) is 0 Å². The molecule has 0 aromatic heterocycles. The summed E-state index contributed by atoms with van der Waals surface area (Å²) in [5.41, 5.74) is -2.18. The molecule has 0 aliphatic rings. The van der Waals surface area contributed by atoms with Crippen molar-refractivity contribution in [3.05, 3.63) is 76.8 Å². The second-order valence-corrected chi connectivity index (χ2v) is 5.44. The van der Waals surface area contributed by atoms with Crippen LogP contribution in [0, 0.1) is 37.3 Å². The quantitative estimate of drug-likeness (QED) is 0.612. The SMILES string of the molecule is Cc1c([N+](=O)[O-])cc(C(=O)Nc2ccc(Cl)c([N+](=O)[O-])c2)cc1[N+](=O)[O-]. The summed E-state index contributed by atoms with van der Waals surface area (Å²) in [6, 6.07) is 5.25. The van der Waals surface area contributed by atoms with Gasteiger partial charge in [-0.2, -0.15) is 0 Å². The molecular formula is C14H9ClN4O7. The van der Waals surface area contributed by atoms with Crippen LogP contribution in [0.2, 0.25) is 5.02 Å². The topological polar surface area (TPSA) is 159 Å². The first-order valence-corrected chi connectivity index (χ1v) is 7.18. The van der Waals surface area contributed by atoms with Crippen LogP contribution in [-0.4, -0.2) is 20.7 Å². The summed E-state index contributed by atoms with van der Waals surface area (Å²) in [6.45, 7) is 1.19. The smallest absolute Gasteiger partial charge is 0.289 e. The molecule has 0 aliphatic carbocycles. The van der Waals surface area contributed by atoms with Gasteiger partial charge in [0.1, 0.15) is 10.6 Å². The maximum atomic E-state index is 12.3. The van der Waals surface area contributed by atoms with Crippen molar-refractivity contribution in [3.8, 4) is 0 Å². The summed E-state index contributed by atoms with van der Waals surface area (Å²) in [5, 5.41) is 35.1. The van der Waals surface area contributed by atoms with Crippen molar-refractivity contribution < 1.29 is 19.6 Å². The Balaban J connectivity index is 2.44. The third-order valence-electron chi connectivity index (χ3n) is 3.41. The van der Waals surface area contributed by atoms with E-state index in [1.54, 1.807) is 0 Å². The van der Waals surface area contributed by atoms with Crippen molar-refractivity contribution >= 4 is 40.3 Å². The van der Waals surface area contributed by atoms with Gasteiger partial charge in [-0.05, 0) is 19.1 Å². The van der Waals surface area contributed by atoms with Crippen LogP contribution in [0.25, 0.3) is 0 Å². The highest BCUT2D eigenvalue weighted by atomic mass is 35.5. The number of nitro groups is 3. The largest absolute Gasteiger partial charge is 0.322 e. The zero-order valence-corrected chi connectivity index (χ0v) is 13.7. The molecule has 0 saturated heterocycles. The normalized spacial score (nSPS) is 10.2. The van der Waals surface area contributed by atoms with Gasteiger partial charge in [-0.15, -0.1) is 0 Å². The average molecular weight is 381 g/mol. The molecule has 1 amide bonds. The lowest BCUT2D eigenvalue weighted by Gasteiger charge is -2.07. The van der Waals surface area contributed by atoms with Crippen LogP contribution < -0.4 is 5.32 Å². The summed E-state index contributed by atoms with van der Waals surface area (Å²) in [7, 11) is 0. The number of nitro benzene ring substituents is 3. The highest BCUT2D eigenvalue weighted by Gasteiger charge is 2.25. The van der Waals surface area contributed by atoms with Crippen molar-refractivity contribution in [1.29, 1.82) is 0 Å². The molecule has 2 rings (SSSR count). The number of rotatable bonds is 5. The molecule has 134 valence electrons. The lowest BCUT2D eigenvalue weighted by molar-refractivity contribution is -0.395. The van der Waals surface area contributed by atoms with Gasteiger partial charge in [0, 0.05) is 23.9 Å². The maximum absolute atomic E-state index is 12.3. The molecule has 2 aromatic carbocycles. The first kappa shape index (κ1) is 18.7. The lowest BCUT2D eigenvalue weighted by Crippen LogP contribution is -2.13. The van der Waals surface area contributed by atoms with Crippen LogP contribution in [0.4, 0.5) is 22.7 Å². The fourth-order valence-corrected chi connectivity index (χ4v) is 2.31. The number of nitrogens with zero attached hydrogens (tertiary/aromatic N) is 3. The molecule has 0 aliphatic heterocycles. The summed E-state index contributed by atoms with van der Waals surface area (Å²) in [5.74, 6) is -0.909. The van der Waals surface area contributed by atoms with E-state index in [9.17, 15) is 35.1 Å². The van der Waals surface area contributed by atoms with E-state index in [4.69, 9.17) is 11.6 Å². The number of nitrogens with one attached hydrogen (secondary N) is 1. The fraction of sp³-hybridized carbons (Fsp3) is 0.0714. The Labute approximate surface area is 149 Å². The van der Waals surface area contributed by atoms with E-state index in [1.165, 1.54) is 19.1 Å². The van der Waals surface area contributed by atoms with Crippen molar-refractivity contribution in [2.75, 3.05) is 5.32 Å². The molecule has 0 spiro atoms. The molecule has 12 heteroatoms. The number of carbonyl (C=O) groups excluding carboxylic acids is 1. The Hall–Kier alpha value is -3.60. The zero-order chi connectivity index (χ0) is 19.6. The first-order valence-electron chi connectivity index (χ1n) is 6.80. The molecule has 0 fully saturated rings. The van der Waals surface area contributed by atoms with E-state index < -0.39 is 37.7 Å². The predicted molar refractivity (Wildman–Crippen MR) is 90.5 cm³/mol. The molecule has 26 heavy (non-hydrogen) atoms. The molecule has 0 unspecified atom stereocenters. The van der Waals surface area contributed by atoms with Gasteiger partial charge in [-0.25, -0.2) is 0 Å². The Morgan fingerprint density at radius 1 is 0.923 bits per heavy atom. The highest BCUT2D eigenvalue weighted by Crippen LogP contribution is 2.31. The Morgan fingerprint density at radius 3 is 1.88 bits per heavy atom. The van der Waals surface area contributed by atoms with E-state index in [-0.39, 0.29) is 21.8 Å². The second-order valence-electron chi connectivity index (χ2n) is 5.03. The molecule has 0 atom stereocenters. The van der Waals surface area contributed by atoms with Crippen LogP contribution in [0.1, 0.15) is 15.9 Å². The van der Waals surface area contributed by atoms with Crippen molar-refractivity contribution in [2.24, 2.45) is 0 Å². The average Bonchev–Trinajstić information content (AvgIpc) is 2.55. The van der Waals surface area contributed by atoms with Gasteiger partial charge in [0.25, 0.3) is 23.0 Å². The maximum Gasteiger partial charge on any atom is 0.289 e. The molecule has 1 N–H and O–H groups in total. The number of anilines is 1. The van der Waals surface area contributed by atoms with Crippen LogP contribution in [0.15, 0.2) is 30.3 Å². The fourth-order valence-electron chi connectivity index (χ4n) is 2.13. The minimum absolute atomic E-state index is 0.00280. The van der Waals surface area contributed by atoms with Gasteiger partial charge in [-0.3, -0.25) is 35.1 Å². The first-order chi connectivity index (χ1) is 12.1. The second kappa shape index (κ2) is 7.11. The monoisotopic (exact) mass is 380 g/mol. The number of hydrogen-bond donors (Lipinski definition) is 1. The third kappa shape index (κ3) is 3.72. The van der Waals surface area contributed by atoms with Gasteiger partial charge >= 0.3 is 0 Å². The van der Waals surface area contributed by atoms with Gasteiger partial charge < -0.3 is 5.32 Å². The lowest BCUT2D eigenvalue weighted by atomic mass is 10.1. The number of amides is 1. The Kier molecular flexibility index (Phi) is 5.12. The van der Waals surface area contributed by atoms with E-state index >= 15 is 0 Å². The minimum atomic E-state index is -0.909. The number of halogens is 1. The van der Waals surface area contributed by atoms with Crippen molar-refractivity contribution in [3.63, 3.8) is 0 Å². The zero-order valence-electron chi connectivity index (χ0n) is 13.0. The van der Waals surface area contributed by atoms with Crippen LogP contribution >= 0.6 is 11.6 Å². The van der Waals surface area contributed by atoms with Crippen molar-refractivity contribution in [2.45, 2.75) is 6.92 Å². The van der Waals surface area contributed by atoms with Crippen LogP contribution in [0.3, 0.4) is 0 Å². The van der Waals surface area contributed by atoms with Crippen molar-refractivity contribution in [1.82, 2.24) is 0 Å². The number of benzene rings is 2. The van der Waals surface area contributed by atoms with E-state index in [1.807, 2.05) is 0 Å². The molecule has 2 aromatic rings. The molecule has 11 nitrogen and oxygen atoms in total. The van der Waals surface area contributed by atoms with E-state index in [2.05, 4.69) is 5.32 Å². The summed E-state index contributed by atoms with van der Waals surface area (Å²) >= 11 is 5.67. The Morgan fingerprint density at radius 2 is 1.42 bits per heavy atom. The molecule has 0 radical (unpaired) electrons. The highest BCUT2D eigenvalue weighted by molar-refractivity contribution is 6.32. The van der Waals surface area contributed by atoms with E-state index in [0.717, 1.165) is 18.2 Å². The number of hydrogen-bond acceptors (Lipinski definition) is 7. The molecule has 0 saturated carbocycles. The van der Waals surface area contributed by atoms with E-state index in [0.29, 0.717) is 0 Å². The van der Waals surface area contributed by atoms with Crippen LogP contribution in [0.5, 0.6) is 0 Å². The van der Waals surface area contributed by atoms with Gasteiger partial charge in [0.05, 0.1) is 20.3 Å². The standard InChI is InChI=1S/C14H9ClN4O7/c1-7-11(17(21)22)4-8(5-12(7)18(23)24)14(20)16-9-2-3-10(15)13(6-9)19(25)26/h2-6H,1H3,(H,16,20). The third-order valence-corrected chi connectivity index (χ3v) is 3.73. The summed E-state index contributed by atoms with van der Waals surface area (Å²) in [6.07, 6.45) is 0. The van der Waals surface area contributed by atoms with Crippen LogP contribution in [-0.2, 0) is 0 Å².